The number of hydrogen-bond donors (Lipinski definition) is 2. The maximum atomic E-state index is 11.9. The van der Waals surface area contributed by atoms with E-state index in [1.807, 2.05) is 6.07 Å². The molecule has 0 aliphatic carbocycles. The van der Waals surface area contributed by atoms with Gasteiger partial charge in [-0.1, -0.05) is 11.9 Å². The van der Waals surface area contributed by atoms with Gasteiger partial charge in [0.05, 0.1) is 12.5 Å². The lowest BCUT2D eigenvalue weighted by Crippen LogP contribution is -2.35. The van der Waals surface area contributed by atoms with Gasteiger partial charge in [0.1, 0.15) is 5.65 Å². The van der Waals surface area contributed by atoms with Crippen molar-refractivity contribution in [1.82, 2.24) is 19.3 Å². The minimum Gasteiger partial charge on any atom is -0.351 e. The Morgan fingerprint density at radius 3 is 3.00 bits per heavy atom. The number of rotatable bonds is 4. The van der Waals surface area contributed by atoms with Gasteiger partial charge < -0.3 is 10.3 Å². The summed E-state index contributed by atoms with van der Waals surface area (Å²) in [6.07, 6.45) is 5.94. The molecular weight excluding hydrogens is 312 g/mol. The molecule has 0 unspecified atom stereocenters. The fourth-order valence-electron chi connectivity index (χ4n) is 2.69. The highest BCUT2D eigenvalue weighted by Crippen LogP contribution is 2.19. The number of anilines is 1. The van der Waals surface area contributed by atoms with Crippen LogP contribution in [0.1, 0.15) is 18.4 Å². The van der Waals surface area contributed by atoms with Gasteiger partial charge in [0.2, 0.25) is 5.95 Å². The van der Waals surface area contributed by atoms with Gasteiger partial charge in [-0.05, 0) is 25.2 Å². The van der Waals surface area contributed by atoms with E-state index in [-0.39, 0.29) is 12.0 Å². The van der Waals surface area contributed by atoms with Crippen molar-refractivity contribution in [2.24, 2.45) is 0 Å². The van der Waals surface area contributed by atoms with Crippen LogP contribution in [0.4, 0.5) is 5.95 Å². The number of piperidine rings is 1. The van der Waals surface area contributed by atoms with E-state index in [4.69, 9.17) is 5.26 Å². The Hall–Kier alpha value is -2.11. The fourth-order valence-corrected chi connectivity index (χ4v) is 3.27. The van der Waals surface area contributed by atoms with Gasteiger partial charge in [0, 0.05) is 36.3 Å². The van der Waals surface area contributed by atoms with Crippen LogP contribution >= 0.6 is 11.9 Å². The van der Waals surface area contributed by atoms with Gasteiger partial charge in [0.15, 0.2) is 0 Å². The first kappa shape index (κ1) is 15.8. The van der Waals surface area contributed by atoms with Crippen LogP contribution in [-0.2, 0) is 6.42 Å². The molecule has 0 radical (unpaired) electrons. The summed E-state index contributed by atoms with van der Waals surface area (Å²) in [6.45, 7) is 2.08. The lowest BCUT2D eigenvalue weighted by Gasteiger charge is -2.30. The van der Waals surface area contributed by atoms with Gasteiger partial charge >= 0.3 is 0 Å². The summed E-state index contributed by atoms with van der Waals surface area (Å²) in [5.74, 6) is 0.531. The van der Waals surface area contributed by atoms with Crippen molar-refractivity contribution in [2.75, 3.05) is 24.7 Å². The number of nitrogens with zero attached hydrogens (tertiary/aromatic N) is 4. The van der Waals surface area contributed by atoms with Crippen LogP contribution in [-0.4, -0.2) is 44.6 Å². The first-order chi connectivity index (χ1) is 11.2. The average Bonchev–Trinajstić information content (AvgIpc) is 2.57. The van der Waals surface area contributed by atoms with Crippen LogP contribution < -0.4 is 10.9 Å². The molecule has 2 aromatic heterocycles. The molecule has 8 heteroatoms. The largest absolute Gasteiger partial charge is 0.351 e. The summed E-state index contributed by atoms with van der Waals surface area (Å²) in [6, 6.07) is 4.01. The zero-order valence-electron chi connectivity index (χ0n) is 12.9. The molecule has 7 nitrogen and oxygen atoms in total. The Kier molecular flexibility index (Phi) is 4.79. The standard InChI is InChI=1S/C15H18N6OS/c1-23-21-6-3-12(4-7-21)18-15-17-9-11-8-10(2-5-16)14(22)19-13(11)20-15/h8-9,12H,2-4,6-7H2,1H3,(H2,17,18,19,20,22). The molecule has 120 valence electrons. The van der Waals surface area contributed by atoms with Crippen molar-refractivity contribution in [2.45, 2.75) is 25.3 Å². The van der Waals surface area contributed by atoms with E-state index >= 15 is 0 Å². The third-order valence-electron chi connectivity index (χ3n) is 3.99. The molecule has 1 aliphatic rings. The number of nitriles is 1. The zero-order chi connectivity index (χ0) is 16.2. The predicted octanol–water partition coefficient (Wildman–Crippen LogP) is 1.54. The van der Waals surface area contributed by atoms with Gasteiger partial charge in [-0.15, -0.1) is 0 Å². The van der Waals surface area contributed by atoms with Crippen LogP contribution in [0.5, 0.6) is 0 Å². The molecule has 0 saturated carbocycles. The number of H-pyrrole nitrogens is 1. The second-order valence-corrected chi connectivity index (χ2v) is 6.37. The molecule has 0 atom stereocenters. The third kappa shape index (κ3) is 3.63. The van der Waals surface area contributed by atoms with E-state index in [0.717, 1.165) is 31.3 Å². The highest BCUT2D eigenvalue weighted by atomic mass is 32.2. The molecule has 0 amide bonds. The number of hydrogen-bond acceptors (Lipinski definition) is 7. The van der Waals surface area contributed by atoms with Crippen molar-refractivity contribution < 1.29 is 0 Å². The van der Waals surface area contributed by atoms with E-state index in [1.165, 1.54) is 0 Å². The number of pyridine rings is 1. The minimum atomic E-state index is -0.267. The monoisotopic (exact) mass is 330 g/mol. The van der Waals surface area contributed by atoms with Gasteiger partial charge in [-0.25, -0.2) is 4.98 Å². The van der Waals surface area contributed by atoms with Crippen LogP contribution in [0, 0.1) is 11.3 Å². The number of aromatic nitrogens is 3. The maximum Gasteiger partial charge on any atom is 0.253 e. The Bertz CT molecular complexity index is 791. The Morgan fingerprint density at radius 1 is 1.52 bits per heavy atom. The molecule has 1 aliphatic heterocycles. The van der Waals surface area contributed by atoms with E-state index in [2.05, 4.69) is 30.8 Å². The molecule has 0 aromatic carbocycles. The average molecular weight is 330 g/mol. The van der Waals surface area contributed by atoms with Gasteiger partial charge in [0.25, 0.3) is 5.56 Å². The molecule has 0 spiro atoms. The van der Waals surface area contributed by atoms with Crippen LogP contribution in [0.25, 0.3) is 11.0 Å². The normalized spacial score (nSPS) is 16.3. The van der Waals surface area contributed by atoms with E-state index < -0.39 is 0 Å². The molecule has 1 saturated heterocycles. The predicted molar refractivity (Wildman–Crippen MR) is 91.2 cm³/mol. The first-order valence-electron chi connectivity index (χ1n) is 7.51. The summed E-state index contributed by atoms with van der Waals surface area (Å²) in [4.78, 5) is 23.3. The molecule has 2 N–H and O–H groups in total. The topological polar surface area (TPSA) is 97.7 Å². The van der Waals surface area contributed by atoms with E-state index in [9.17, 15) is 4.79 Å². The Morgan fingerprint density at radius 2 is 2.30 bits per heavy atom. The molecular formula is C15H18N6OS. The summed E-state index contributed by atoms with van der Waals surface area (Å²) in [5, 5.41) is 12.8. The van der Waals surface area contributed by atoms with Crippen molar-refractivity contribution in [3.63, 3.8) is 0 Å². The van der Waals surface area contributed by atoms with Crippen LogP contribution in [0.15, 0.2) is 17.1 Å². The number of nitrogens with one attached hydrogen (secondary N) is 2. The summed E-state index contributed by atoms with van der Waals surface area (Å²) in [5.41, 5.74) is 0.668. The SMILES string of the molecule is CSN1CCC(Nc2ncc3cc(CC#N)c(=O)[nH]c3n2)CC1. The van der Waals surface area contributed by atoms with Gasteiger partial charge in [-0.3, -0.25) is 9.10 Å². The second kappa shape index (κ2) is 6.98. The Balaban J connectivity index is 1.77. The van der Waals surface area contributed by atoms with Crippen molar-refractivity contribution in [3.8, 4) is 6.07 Å². The number of fused-ring (bicyclic) bond motifs is 1. The summed E-state index contributed by atoms with van der Waals surface area (Å²) in [7, 11) is 0. The molecule has 23 heavy (non-hydrogen) atoms. The third-order valence-corrected chi connectivity index (χ3v) is 4.87. The molecule has 3 rings (SSSR count). The Labute approximate surface area is 138 Å². The highest BCUT2D eigenvalue weighted by Gasteiger charge is 2.19. The van der Waals surface area contributed by atoms with Crippen LogP contribution in [0.3, 0.4) is 0 Å². The second-order valence-electron chi connectivity index (χ2n) is 5.49. The molecule has 0 bridgehead atoms. The summed E-state index contributed by atoms with van der Waals surface area (Å²) >= 11 is 1.77. The van der Waals surface area contributed by atoms with Crippen molar-refractivity contribution >= 4 is 28.9 Å². The number of aromatic amines is 1. The first-order valence-corrected chi connectivity index (χ1v) is 8.69. The van der Waals surface area contributed by atoms with E-state index in [1.54, 1.807) is 24.2 Å². The lowest BCUT2D eigenvalue weighted by atomic mass is 10.1. The van der Waals surface area contributed by atoms with Gasteiger partial charge in [-0.2, -0.15) is 10.2 Å². The van der Waals surface area contributed by atoms with E-state index in [0.29, 0.717) is 23.2 Å². The fraction of sp³-hybridized carbons (Fsp3) is 0.467. The lowest BCUT2D eigenvalue weighted by molar-refractivity contribution is 0.358. The van der Waals surface area contributed by atoms with Crippen molar-refractivity contribution in [3.05, 3.63) is 28.2 Å². The molecule has 3 heterocycles. The minimum absolute atomic E-state index is 0.0826. The van der Waals surface area contributed by atoms with Crippen LogP contribution in [0.2, 0.25) is 0 Å². The quantitative estimate of drug-likeness (QED) is 0.821. The smallest absolute Gasteiger partial charge is 0.253 e. The molecule has 1 fully saturated rings. The maximum absolute atomic E-state index is 11.9. The summed E-state index contributed by atoms with van der Waals surface area (Å²) < 4.78 is 2.34. The highest BCUT2D eigenvalue weighted by molar-refractivity contribution is 7.96. The molecule has 2 aromatic rings. The van der Waals surface area contributed by atoms with Crippen molar-refractivity contribution in [1.29, 1.82) is 5.26 Å². The zero-order valence-corrected chi connectivity index (χ0v) is 13.7.